The van der Waals surface area contributed by atoms with Crippen LogP contribution in [-0.2, 0) is 16.1 Å². The van der Waals surface area contributed by atoms with E-state index in [0.29, 0.717) is 30.8 Å². The van der Waals surface area contributed by atoms with Gasteiger partial charge in [-0.05, 0) is 43.7 Å². The van der Waals surface area contributed by atoms with Crippen molar-refractivity contribution in [2.45, 2.75) is 26.8 Å². The van der Waals surface area contributed by atoms with Gasteiger partial charge in [-0.25, -0.2) is 4.39 Å². The van der Waals surface area contributed by atoms with Crippen molar-refractivity contribution < 1.29 is 13.9 Å². The van der Waals surface area contributed by atoms with Gasteiger partial charge in [-0.3, -0.25) is 9.69 Å². The van der Waals surface area contributed by atoms with Crippen LogP contribution in [0.2, 0.25) is 0 Å². The number of benzene rings is 1. The highest BCUT2D eigenvalue weighted by atomic mass is 19.1. The van der Waals surface area contributed by atoms with Crippen LogP contribution >= 0.6 is 0 Å². The zero-order valence-electron chi connectivity index (χ0n) is 11.9. The van der Waals surface area contributed by atoms with E-state index < -0.39 is 0 Å². The van der Waals surface area contributed by atoms with Crippen molar-refractivity contribution in [3.63, 3.8) is 0 Å². The quantitative estimate of drug-likeness (QED) is 0.719. The van der Waals surface area contributed by atoms with E-state index >= 15 is 0 Å². The third kappa shape index (κ3) is 4.98. The fourth-order valence-corrected chi connectivity index (χ4v) is 1.96. The fraction of sp³-hybridized carbons (Fsp3) is 0.467. The molecule has 1 aromatic rings. The van der Waals surface area contributed by atoms with Gasteiger partial charge < -0.3 is 4.74 Å². The van der Waals surface area contributed by atoms with Crippen LogP contribution in [0.25, 0.3) is 0 Å². The van der Waals surface area contributed by atoms with Gasteiger partial charge in [0.1, 0.15) is 5.82 Å². The molecule has 0 radical (unpaired) electrons. The van der Waals surface area contributed by atoms with E-state index in [1.807, 2.05) is 17.9 Å². The molecule has 0 amide bonds. The lowest BCUT2D eigenvalue weighted by atomic mass is 10.1. The molecule has 20 heavy (non-hydrogen) atoms. The average Bonchev–Trinajstić information content (AvgIpc) is 2.39. The summed E-state index contributed by atoms with van der Waals surface area (Å²) in [6.45, 7) is 5.26. The molecule has 0 N–H and O–H groups in total. The van der Waals surface area contributed by atoms with Crippen molar-refractivity contribution in [2.75, 3.05) is 19.7 Å². The van der Waals surface area contributed by atoms with E-state index in [1.54, 1.807) is 6.92 Å². The van der Waals surface area contributed by atoms with Crippen LogP contribution in [-0.4, -0.2) is 30.6 Å². The summed E-state index contributed by atoms with van der Waals surface area (Å²) >= 11 is 0. The normalized spacial score (nSPS) is 10.3. The number of hydrogen-bond donors (Lipinski definition) is 0. The molecule has 0 unspecified atom stereocenters. The molecule has 0 aromatic heterocycles. The zero-order chi connectivity index (χ0) is 15.0. The molecule has 0 aliphatic carbocycles. The zero-order valence-corrected chi connectivity index (χ0v) is 11.9. The molecule has 4 nitrogen and oxygen atoms in total. The van der Waals surface area contributed by atoms with Crippen molar-refractivity contribution in [1.82, 2.24) is 4.90 Å². The highest BCUT2D eigenvalue weighted by Gasteiger charge is 2.14. The van der Waals surface area contributed by atoms with Gasteiger partial charge in [0.05, 0.1) is 24.8 Å². The maximum atomic E-state index is 13.3. The van der Waals surface area contributed by atoms with Crippen LogP contribution in [0.15, 0.2) is 18.2 Å². The maximum absolute atomic E-state index is 13.3. The highest BCUT2D eigenvalue weighted by molar-refractivity contribution is 5.71. The summed E-state index contributed by atoms with van der Waals surface area (Å²) in [5.41, 5.74) is 1.02. The van der Waals surface area contributed by atoms with Gasteiger partial charge in [-0.2, -0.15) is 5.26 Å². The second kappa shape index (κ2) is 8.28. The van der Waals surface area contributed by atoms with Gasteiger partial charge >= 0.3 is 5.97 Å². The van der Waals surface area contributed by atoms with Crippen molar-refractivity contribution in [1.29, 1.82) is 5.26 Å². The highest BCUT2D eigenvalue weighted by Crippen LogP contribution is 2.13. The molecule has 108 valence electrons. The molecule has 0 saturated heterocycles. The minimum absolute atomic E-state index is 0.142. The Morgan fingerprint density at radius 1 is 1.45 bits per heavy atom. The van der Waals surface area contributed by atoms with Crippen LogP contribution in [0.5, 0.6) is 0 Å². The fourth-order valence-electron chi connectivity index (χ4n) is 1.96. The predicted molar refractivity (Wildman–Crippen MR) is 73.3 cm³/mol. The van der Waals surface area contributed by atoms with E-state index in [-0.39, 0.29) is 18.3 Å². The number of carbonyl (C=O) groups is 1. The Morgan fingerprint density at radius 3 is 2.80 bits per heavy atom. The number of carbonyl (C=O) groups excluding carboxylic acids is 1. The third-order valence-corrected chi connectivity index (χ3v) is 2.78. The first-order chi connectivity index (χ1) is 9.60. The van der Waals surface area contributed by atoms with E-state index in [4.69, 9.17) is 10.00 Å². The number of esters is 1. The summed E-state index contributed by atoms with van der Waals surface area (Å²) in [7, 11) is 0. The Morgan fingerprint density at radius 2 is 2.20 bits per heavy atom. The van der Waals surface area contributed by atoms with Crippen LogP contribution in [0.4, 0.5) is 4.39 Å². The minimum atomic E-state index is -0.383. The summed E-state index contributed by atoms with van der Waals surface area (Å²) in [6, 6.07) is 6.10. The first kappa shape index (κ1) is 16.1. The molecule has 0 aliphatic heterocycles. The minimum Gasteiger partial charge on any atom is -0.465 e. The van der Waals surface area contributed by atoms with Crippen molar-refractivity contribution in [2.24, 2.45) is 0 Å². The summed E-state index contributed by atoms with van der Waals surface area (Å²) in [4.78, 5) is 13.4. The Hall–Kier alpha value is -1.93. The summed E-state index contributed by atoms with van der Waals surface area (Å²) < 4.78 is 18.2. The van der Waals surface area contributed by atoms with Crippen LogP contribution in [0, 0.1) is 17.1 Å². The first-order valence-electron chi connectivity index (χ1n) is 6.67. The van der Waals surface area contributed by atoms with Gasteiger partial charge in [-0.1, -0.05) is 6.92 Å². The molecule has 0 heterocycles. The largest absolute Gasteiger partial charge is 0.465 e. The van der Waals surface area contributed by atoms with E-state index in [1.165, 1.54) is 18.2 Å². The number of rotatable bonds is 7. The number of nitriles is 1. The van der Waals surface area contributed by atoms with Crippen LogP contribution < -0.4 is 0 Å². The monoisotopic (exact) mass is 278 g/mol. The average molecular weight is 278 g/mol. The van der Waals surface area contributed by atoms with Crippen LogP contribution in [0.3, 0.4) is 0 Å². The SMILES string of the molecule is CCCN(CC(=O)OCC)Cc1cc(F)ccc1C#N. The molecule has 0 bridgehead atoms. The summed E-state index contributed by atoms with van der Waals surface area (Å²) in [6.07, 6.45) is 0.858. The molecular formula is C15H19FN2O2. The molecule has 1 aromatic carbocycles. The van der Waals surface area contributed by atoms with Crippen molar-refractivity contribution >= 4 is 5.97 Å². The molecule has 5 heteroatoms. The van der Waals surface area contributed by atoms with Gasteiger partial charge in [0.2, 0.25) is 0 Å². The third-order valence-electron chi connectivity index (χ3n) is 2.78. The second-order valence-electron chi connectivity index (χ2n) is 4.43. The molecule has 1 rings (SSSR count). The predicted octanol–water partition coefficient (Wildman–Crippen LogP) is 2.47. The Labute approximate surface area is 118 Å². The smallest absolute Gasteiger partial charge is 0.320 e. The Bertz CT molecular complexity index is 497. The molecular weight excluding hydrogens is 259 g/mol. The standard InChI is InChI=1S/C15H19FN2O2/c1-3-7-18(11-15(19)20-4-2)10-13-8-14(16)6-5-12(13)9-17/h5-6,8H,3-4,7,10-11H2,1-2H3. The molecule has 0 saturated carbocycles. The molecule has 0 fully saturated rings. The number of nitrogens with zero attached hydrogens (tertiary/aromatic N) is 2. The van der Waals surface area contributed by atoms with Gasteiger partial charge in [0, 0.05) is 6.54 Å². The molecule has 0 spiro atoms. The molecule has 0 aliphatic rings. The Balaban J connectivity index is 2.82. The lowest BCUT2D eigenvalue weighted by Gasteiger charge is -2.21. The van der Waals surface area contributed by atoms with Crippen molar-refractivity contribution in [3.05, 3.63) is 35.1 Å². The number of hydrogen-bond acceptors (Lipinski definition) is 4. The van der Waals surface area contributed by atoms with E-state index in [0.717, 1.165) is 6.42 Å². The molecule has 0 atom stereocenters. The van der Waals surface area contributed by atoms with Crippen LogP contribution in [0.1, 0.15) is 31.4 Å². The topological polar surface area (TPSA) is 53.3 Å². The van der Waals surface area contributed by atoms with Gasteiger partial charge in [0.25, 0.3) is 0 Å². The second-order valence-corrected chi connectivity index (χ2v) is 4.43. The van der Waals surface area contributed by atoms with E-state index in [2.05, 4.69) is 0 Å². The number of halogens is 1. The number of ether oxygens (including phenoxy) is 1. The summed E-state index contributed by atoms with van der Waals surface area (Å²) in [5.74, 6) is -0.692. The lowest BCUT2D eigenvalue weighted by Crippen LogP contribution is -2.31. The Kier molecular flexibility index (Phi) is 6.68. The van der Waals surface area contributed by atoms with Crippen molar-refractivity contribution in [3.8, 4) is 6.07 Å². The lowest BCUT2D eigenvalue weighted by molar-refractivity contribution is -0.144. The van der Waals surface area contributed by atoms with Gasteiger partial charge in [-0.15, -0.1) is 0 Å². The first-order valence-corrected chi connectivity index (χ1v) is 6.67. The van der Waals surface area contributed by atoms with E-state index in [9.17, 15) is 9.18 Å². The summed E-state index contributed by atoms with van der Waals surface area (Å²) in [5, 5.41) is 9.04. The maximum Gasteiger partial charge on any atom is 0.320 e. The van der Waals surface area contributed by atoms with Gasteiger partial charge in [0.15, 0.2) is 0 Å².